The summed E-state index contributed by atoms with van der Waals surface area (Å²) in [5, 5.41) is -0.730. The number of rotatable bonds is 11. The third-order valence-corrected chi connectivity index (χ3v) is 13.5. The molecule has 0 radical (unpaired) electrons. The minimum atomic E-state index is -4.97. The van der Waals surface area contributed by atoms with E-state index in [4.69, 9.17) is 49.5 Å². The molecule has 3 aromatic heterocycles. The molecule has 0 bridgehead atoms. The molecule has 0 spiro atoms. The summed E-state index contributed by atoms with van der Waals surface area (Å²) in [6.07, 6.45) is 2.25. The summed E-state index contributed by atoms with van der Waals surface area (Å²) < 4.78 is 252. The number of anilines is 2. The lowest BCUT2D eigenvalue weighted by Crippen LogP contribution is -2.25. The average molecular weight is 1110 g/mol. The summed E-state index contributed by atoms with van der Waals surface area (Å²) in [5.74, 6) is -8.66. The molecule has 25 heteroatoms. The number of thiocarbonyl (C=S) groups is 1. The molecule has 0 unspecified atom stereocenters. The van der Waals surface area contributed by atoms with Gasteiger partial charge in [0.2, 0.25) is 10.6 Å². The lowest BCUT2D eigenvalue weighted by molar-refractivity contribution is 0.0988. The third-order valence-electron chi connectivity index (χ3n) is 8.73. The van der Waals surface area contributed by atoms with Crippen LogP contribution in [0, 0.1) is 40.3 Å². The number of benzene rings is 4. The molecule has 71 heavy (non-hydrogen) atoms. The number of hydrogen-bond acceptors (Lipinski definition) is 12. The van der Waals surface area contributed by atoms with Gasteiger partial charge in [-0.25, -0.2) is 68.1 Å². The molecule has 0 saturated heterocycles. The first-order valence-electron chi connectivity index (χ1n) is 26.6. The highest BCUT2D eigenvalue weighted by Crippen LogP contribution is 2.42. The van der Waals surface area contributed by atoms with Crippen molar-refractivity contribution >= 4 is 88.9 Å². The molecule has 13 nitrogen and oxygen atoms in total. The van der Waals surface area contributed by atoms with Crippen LogP contribution in [0.15, 0.2) is 107 Å². The predicted molar refractivity (Wildman–Crippen MR) is 264 cm³/mol. The van der Waals surface area contributed by atoms with E-state index >= 15 is 4.39 Å². The number of nitrogens with two attached hydrogens (primary N) is 1. The Morgan fingerprint density at radius 1 is 0.704 bits per heavy atom. The molecule has 3 heterocycles. The molecule has 0 atom stereocenters. The van der Waals surface area contributed by atoms with Gasteiger partial charge in [-0.2, -0.15) is 0 Å². The second-order valence-corrected chi connectivity index (χ2v) is 19.6. The summed E-state index contributed by atoms with van der Waals surface area (Å²) >= 11 is 16.6. The summed E-state index contributed by atoms with van der Waals surface area (Å²) in [5.41, 5.74) is -2.81. The highest BCUT2D eigenvalue weighted by atomic mass is 35.5. The Hall–Kier alpha value is -6.11. The number of nitrogens with one attached hydrogen (secondary N) is 2. The van der Waals surface area contributed by atoms with Gasteiger partial charge in [0, 0.05) is 49.3 Å². The third kappa shape index (κ3) is 14.1. The topological polar surface area (TPSA) is 200 Å². The minimum Gasteiger partial charge on any atom is -0.393 e. The molecule has 0 aliphatic heterocycles. The molecule has 4 N–H and O–H groups in total. The van der Waals surface area contributed by atoms with Gasteiger partial charge < -0.3 is 5.73 Å². The fraction of sp³-hybridized carbons (Fsp3) is 0.196. The van der Waals surface area contributed by atoms with Gasteiger partial charge in [0.15, 0.2) is 27.2 Å². The Labute approximate surface area is 445 Å². The maximum atomic E-state index is 15.9. The summed E-state index contributed by atoms with van der Waals surface area (Å²) in [6.45, 7) is -15.2. The number of sulfonamides is 2. The largest absolute Gasteiger partial charge is 0.393 e. The van der Waals surface area contributed by atoms with Crippen molar-refractivity contribution in [2.24, 2.45) is 11.1 Å². The van der Waals surface area contributed by atoms with Gasteiger partial charge in [-0.1, -0.05) is 77.7 Å². The van der Waals surface area contributed by atoms with Crippen molar-refractivity contribution in [1.82, 2.24) is 24.9 Å². The first-order chi connectivity index (χ1) is 39.3. The van der Waals surface area contributed by atoms with Gasteiger partial charge in [-0.05, 0) is 83.9 Å². The van der Waals surface area contributed by atoms with Crippen LogP contribution in [0.5, 0.6) is 0 Å². The molecule has 0 amide bonds. The first-order valence-corrected chi connectivity index (χ1v) is 24.0. The number of ketones is 1. The van der Waals surface area contributed by atoms with Crippen molar-refractivity contribution in [2.45, 2.75) is 62.8 Å². The Morgan fingerprint density at radius 2 is 1.20 bits per heavy atom. The van der Waals surface area contributed by atoms with Crippen molar-refractivity contribution in [2.75, 3.05) is 9.44 Å². The van der Waals surface area contributed by atoms with Crippen LogP contribution in [-0.4, -0.2) is 52.5 Å². The van der Waals surface area contributed by atoms with E-state index in [1.807, 2.05) is 4.72 Å². The maximum absolute atomic E-state index is 15.9. The zero-order valence-corrected chi connectivity index (χ0v) is 40.2. The van der Waals surface area contributed by atoms with Gasteiger partial charge in [0.1, 0.15) is 23.3 Å². The molecule has 0 aliphatic rings. The molecule has 0 saturated carbocycles. The standard InChI is InChI=1S/C23H18ClF3N4O2S2.C18H11ClF3N3O3S.C5H11NS/c1-23(2,3)21-30-18(19(34-21)16-10-11-28-22(24)29-16)12-6-4-9-15(17(12)27)31-35(32,33)20-13(25)7-5-8-14(20)26;19-18-23-8-7-10(24-18)9-15(26)11-3-1-6-14(16(11)22)25-29(27,28)17-12(20)4-2-5-13(17)21;1-5(2,3)4(6)7/h4-11,31H,1-3H3;1-8,25H,9H2;1-3H3,(H2,6,7)/i1D3,2D3;;1D3,2D3,3D3. The second kappa shape index (κ2) is 22.5. The summed E-state index contributed by atoms with van der Waals surface area (Å²) in [6, 6.07) is 14.4. The van der Waals surface area contributed by atoms with Crippen LogP contribution in [-0.2, 0) is 31.9 Å². The molecule has 0 fully saturated rings. The van der Waals surface area contributed by atoms with E-state index in [1.54, 1.807) is 4.72 Å². The molecule has 4 aromatic carbocycles. The first kappa shape index (κ1) is 37.6. The van der Waals surface area contributed by atoms with E-state index in [0.717, 1.165) is 49.4 Å². The van der Waals surface area contributed by atoms with Gasteiger partial charge in [-0.15, -0.1) is 11.3 Å². The lowest BCUT2D eigenvalue weighted by Gasteiger charge is -2.14. The monoisotopic (exact) mass is 1110 g/mol. The molecule has 7 rings (SSSR count). The van der Waals surface area contributed by atoms with E-state index in [1.165, 1.54) is 42.7 Å². The summed E-state index contributed by atoms with van der Waals surface area (Å²) in [7, 11) is -9.76. The Bertz CT molecular complexity index is 3870. The number of nitrogens with zero attached hydrogens (tertiary/aromatic N) is 5. The number of carbonyl (C=O) groups excluding carboxylic acids is 1. The highest BCUT2D eigenvalue weighted by molar-refractivity contribution is 7.93. The number of Topliss-reactive ketones (excluding diaryl/α,β-unsaturated/α-hetero) is 1. The quantitative estimate of drug-likeness (QED) is 0.0480. The molecular formula is C46H40Cl2F6N8O5S4. The van der Waals surface area contributed by atoms with Crippen LogP contribution < -0.4 is 15.2 Å². The Kier molecular flexibility index (Phi) is 11.9. The molecular weight excluding hydrogens is 1060 g/mol. The van der Waals surface area contributed by atoms with E-state index in [-0.39, 0.29) is 38.9 Å². The normalized spacial score (nSPS) is 15.7. The van der Waals surface area contributed by atoms with Gasteiger partial charge in [-0.3, -0.25) is 14.2 Å². The maximum Gasteiger partial charge on any atom is 0.267 e. The second-order valence-electron chi connectivity index (χ2n) is 14.2. The van der Waals surface area contributed by atoms with Crippen LogP contribution in [0.4, 0.5) is 37.7 Å². The number of halogens is 8. The SMILES string of the molecule is O=C(Cc1ccnc(Cl)n1)c1cccc(NS(=O)(=O)c2c(F)cccc2F)c1F.[2H]C([2H])([2H])C(C(N)=S)(C([2H])([2H])[2H])C([2H])([2H])[2H].[2H]C([2H])([2H])C(C)(c1nc(-c2cccc(NS(=O)(=O)c3c(F)cccc3F)c2F)c(-c2ccnc(Cl)n2)s1)C([2H])([2H])[2H]. The van der Waals surface area contributed by atoms with Crippen molar-refractivity contribution < 1.29 is 68.5 Å². The highest BCUT2D eigenvalue weighted by Gasteiger charge is 2.30. The van der Waals surface area contributed by atoms with Gasteiger partial charge in [0.05, 0.1) is 55.3 Å². The number of thiazole rings is 1. The Morgan fingerprint density at radius 3 is 1.68 bits per heavy atom. The fourth-order valence-corrected chi connectivity index (χ4v) is 9.28. The van der Waals surface area contributed by atoms with Crippen molar-refractivity contribution in [3.05, 3.63) is 159 Å². The van der Waals surface area contributed by atoms with E-state index in [9.17, 15) is 43.6 Å². The van der Waals surface area contributed by atoms with Crippen molar-refractivity contribution in [3.8, 4) is 21.8 Å². The zero-order chi connectivity index (χ0) is 65.3. The van der Waals surface area contributed by atoms with E-state index in [2.05, 4.69) is 37.1 Å². The predicted octanol–water partition coefficient (Wildman–Crippen LogP) is 11.5. The number of hydrogen-bond donors (Lipinski definition) is 3. The fourth-order valence-electron chi connectivity index (χ4n) is 5.57. The van der Waals surface area contributed by atoms with E-state index in [0.29, 0.717) is 23.5 Å². The number of aromatic nitrogens is 5. The van der Waals surface area contributed by atoms with Crippen molar-refractivity contribution in [3.63, 3.8) is 0 Å². The van der Waals surface area contributed by atoms with Crippen LogP contribution in [0.2, 0.25) is 10.6 Å². The smallest absolute Gasteiger partial charge is 0.267 e. The number of carbonyl (C=O) groups is 1. The van der Waals surface area contributed by atoms with Crippen LogP contribution in [0.3, 0.4) is 0 Å². The van der Waals surface area contributed by atoms with Crippen molar-refractivity contribution in [1.29, 1.82) is 0 Å². The molecule has 374 valence electrons. The molecule has 7 aromatic rings. The van der Waals surface area contributed by atoms with E-state index < -0.39 is 148 Å². The van der Waals surface area contributed by atoms with Crippen LogP contribution in [0.25, 0.3) is 21.8 Å². The lowest BCUT2D eigenvalue weighted by atomic mass is 9.97. The Balaban J connectivity index is 0.000000260. The average Bonchev–Trinajstić information content (AvgIpc) is 1.04. The van der Waals surface area contributed by atoms with Gasteiger partial charge in [0.25, 0.3) is 20.0 Å². The van der Waals surface area contributed by atoms with Crippen LogP contribution in [0.1, 0.15) is 82.8 Å². The zero-order valence-electron chi connectivity index (χ0n) is 50.5. The molecule has 0 aliphatic carbocycles. The minimum absolute atomic E-state index is 0.00285. The van der Waals surface area contributed by atoms with Gasteiger partial charge >= 0.3 is 0 Å². The summed E-state index contributed by atoms with van der Waals surface area (Å²) in [4.78, 5) is 28.3. The van der Waals surface area contributed by atoms with Crippen LogP contribution >= 0.6 is 46.8 Å².